The van der Waals surface area contributed by atoms with Crippen molar-refractivity contribution in [3.8, 4) is 17.2 Å². The third-order valence-electron chi connectivity index (χ3n) is 4.22. The van der Waals surface area contributed by atoms with Gasteiger partial charge in [-0.2, -0.15) is 0 Å². The summed E-state index contributed by atoms with van der Waals surface area (Å²) in [6.45, 7) is 6.23. The highest BCUT2D eigenvalue weighted by Crippen LogP contribution is 2.30. The average molecular weight is 344 g/mol. The Labute approximate surface area is 152 Å². The van der Waals surface area contributed by atoms with Crippen molar-refractivity contribution in [2.45, 2.75) is 59.3 Å². The van der Waals surface area contributed by atoms with E-state index < -0.39 is 0 Å². The summed E-state index contributed by atoms with van der Waals surface area (Å²) >= 11 is 0. The van der Waals surface area contributed by atoms with E-state index in [0.717, 1.165) is 48.8 Å². The van der Waals surface area contributed by atoms with Gasteiger partial charge in [-0.3, -0.25) is 0 Å². The summed E-state index contributed by atoms with van der Waals surface area (Å²) in [5.74, 6) is 1.33. The van der Waals surface area contributed by atoms with E-state index in [4.69, 9.17) is 4.74 Å². The second-order valence-corrected chi connectivity index (χ2v) is 6.26. The van der Waals surface area contributed by atoms with Crippen LogP contribution in [0.2, 0.25) is 0 Å². The van der Waals surface area contributed by atoms with Crippen molar-refractivity contribution in [1.29, 1.82) is 0 Å². The monoisotopic (exact) mass is 344 g/mol. The van der Waals surface area contributed by atoms with Crippen molar-refractivity contribution in [2.24, 2.45) is 0 Å². The summed E-state index contributed by atoms with van der Waals surface area (Å²) in [7, 11) is 1.57. The van der Waals surface area contributed by atoms with E-state index in [1.54, 1.807) is 13.2 Å². The highest BCUT2D eigenvalue weighted by Gasteiger charge is 2.05. The molecule has 0 aliphatic carbocycles. The molecule has 0 saturated carbocycles. The molecule has 0 aliphatic heterocycles. The Balaban J connectivity index is 0.000000251. The molecule has 0 amide bonds. The fourth-order valence-electron chi connectivity index (χ4n) is 2.59. The Kier molecular flexibility index (Phi) is 9.53. The van der Waals surface area contributed by atoms with Crippen LogP contribution in [0.5, 0.6) is 17.2 Å². The minimum atomic E-state index is 0.290. The van der Waals surface area contributed by atoms with Crippen LogP contribution in [0.15, 0.2) is 36.4 Å². The number of para-hydroxylation sites is 2. The molecule has 2 aromatic carbocycles. The number of hydrogen-bond acceptors (Lipinski definition) is 3. The Hall–Kier alpha value is -2.16. The molecule has 0 spiro atoms. The summed E-state index contributed by atoms with van der Waals surface area (Å²) in [5.41, 5.74) is 3.03. The van der Waals surface area contributed by atoms with Gasteiger partial charge in [0.15, 0.2) is 11.5 Å². The fourth-order valence-corrected chi connectivity index (χ4v) is 2.59. The molecule has 0 bridgehead atoms. The maximum absolute atomic E-state index is 9.69. The Bertz CT molecular complexity index is 635. The Morgan fingerprint density at radius 3 is 1.84 bits per heavy atom. The smallest absolute Gasteiger partial charge is 0.160 e. The summed E-state index contributed by atoms with van der Waals surface area (Å²) < 4.78 is 5.02. The molecule has 0 saturated heterocycles. The van der Waals surface area contributed by atoms with E-state index in [0.29, 0.717) is 17.2 Å². The SMILES string of the molecule is CCCCc1cccc(C)c1O.CCCCc1cccc(OC)c1O. The normalized spacial score (nSPS) is 10.1. The van der Waals surface area contributed by atoms with Gasteiger partial charge in [0.1, 0.15) is 5.75 Å². The number of benzene rings is 2. The van der Waals surface area contributed by atoms with Gasteiger partial charge in [0.05, 0.1) is 7.11 Å². The van der Waals surface area contributed by atoms with Gasteiger partial charge in [0, 0.05) is 0 Å². The minimum absolute atomic E-state index is 0.290. The van der Waals surface area contributed by atoms with Crippen molar-refractivity contribution in [2.75, 3.05) is 7.11 Å². The highest BCUT2D eigenvalue weighted by molar-refractivity contribution is 5.45. The molecule has 2 aromatic rings. The molecule has 2 rings (SSSR count). The number of hydrogen-bond donors (Lipinski definition) is 2. The zero-order chi connectivity index (χ0) is 18.7. The number of ether oxygens (including phenoxy) is 1. The van der Waals surface area contributed by atoms with Crippen molar-refractivity contribution >= 4 is 0 Å². The summed E-state index contributed by atoms with van der Waals surface area (Å²) in [6.07, 6.45) is 6.46. The van der Waals surface area contributed by atoms with Gasteiger partial charge >= 0.3 is 0 Å². The van der Waals surface area contributed by atoms with Crippen LogP contribution in [-0.4, -0.2) is 17.3 Å². The number of phenols is 2. The first-order valence-electron chi connectivity index (χ1n) is 9.17. The van der Waals surface area contributed by atoms with Crippen LogP contribution in [0.4, 0.5) is 0 Å². The maximum Gasteiger partial charge on any atom is 0.160 e. The lowest BCUT2D eigenvalue weighted by Gasteiger charge is -2.07. The largest absolute Gasteiger partial charge is 0.507 e. The molecule has 0 aliphatic rings. The number of methoxy groups -OCH3 is 1. The molecule has 0 heterocycles. The molecule has 25 heavy (non-hydrogen) atoms. The van der Waals surface area contributed by atoms with Crippen LogP contribution < -0.4 is 4.74 Å². The van der Waals surface area contributed by atoms with Gasteiger partial charge in [0.25, 0.3) is 0 Å². The van der Waals surface area contributed by atoms with Crippen LogP contribution in [0.1, 0.15) is 56.2 Å². The first kappa shape index (κ1) is 20.9. The topological polar surface area (TPSA) is 49.7 Å². The Morgan fingerprint density at radius 2 is 1.32 bits per heavy atom. The van der Waals surface area contributed by atoms with Gasteiger partial charge < -0.3 is 14.9 Å². The third-order valence-corrected chi connectivity index (χ3v) is 4.22. The van der Waals surface area contributed by atoms with Crippen LogP contribution in [0, 0.1) is 6.92 Å². The van der Waals surface area contributed by atoms with Crippen LogP contribution >= 0.6 is 0 Å². The number of rotatable bonds is 7. The number of phenolic OH excluding ortho intramolecular Hbond substituents is 2. The van der Waals surface area contributed by atoms with Gasteiger partial charge in [-0.1, -0.05) is 57.0 Å². The summed E-state index contributed by atoms with van der Waals surface area (Å²) in [6, 6.07) is 11.5. The molecular formula is C22H32O3. The third kappa shape index (κ3) is 6.69. The quantitative estimate of drug-likeness (QED) is 0.668. The molecule has 2 N–H and O–H groups in total. The van der Waals surface area contributed by atoms with E-state index in [2.05, 4.69) is 13.8 Å². The van der Waals surface area contributed by atoms with Gasteiger partial charge in [0.2, 0.25) is 0 Å². The molecule has 0 radical (unpaired) electrons. The molecule has 0 atom stereocenters. The van der Waals surface area contributed by atoms with Crippen LogP contribution in [-0.2, 0) is 12.8 Å². The lowest BCUT2D eigenvalue weighted by Crippen LogP contribution is -1.89. The van der Waals surface area contributed by atoms with Gasteiger partial charge in [-0.25, -0.2) is 0 Å². The predicted octanol–water partition coefficient (Wildman–Crippen LogP) is 5.79. The van der Waals surface area contributed by atoms with E-state index >= 15 is 0 Å². The summed E-state index contributed by atoms with van der Waals surface area (Å²) in [4.78, 5) is 0. The molecule has 0 fully saturated rings. The zero-order valence-electron chi connectivity index (χ0n) is 16.0. The molecular weight excluding hydrogens is 312 g/mol. The first-order valence-corrected chi connectivity index (χ1v) is 9.17. The van der Waals surface area contributed by atoms with E-state index in [1.807, 2.05) is 37.3 Å². The van der Waals surface area contributed by atoms with E-state index in [9.17, 15) is 10.2 Å². The predicted molar refractivity (Wildman–Crippen MR) is 105 cm³/mol. The Morgan fingerprint density at radius 1 is 0.800 bits per heavy atom. The standard InChI is InChI=1S/C11H16O2.C11H16O/c1-3-4-6-9-7-5-8-10(13-2)11(9)12;1-3-4-7-10-8-5-6-9(2)11(10)12/h5,7-8,12H,3-4,6H2,1-2H3;5-6,8,12H,3-4,7H2,1-2H3. The van der Waals surface area contributed by atoms with E-state index in [-0.39, 0.29) is 0 Å². The second kappa shape index (κ2) is 11.4. The molecule has 3 heteroatoms. The molecule has 0 unspecified atom stereocenters. The lowest BCUT2D eigenvalue weighted by molar-refractivity contribution is 0.370. The van der Waals surface area contributed by atoms with E-state index in [1.165, 1.54) is 6.42 Å². The van der Waals surface area contributed by atoms with Gasteiger partial charge in [-0.05, 0) is 55.4 Å². The highest BCUT2D eigenvalue weighted by atomic mass is 16.5. The minimum Gasteiger partial charge on any atom is -0.507 e. The zero-order valence-corrected chi connectivity index (χ0v) is 16.0. The summed E-state index contributed by atoms with van der Waals surface area (Å²) in [5, 5.41) is 19.3. The van der Waals surface area contributed by atoms with Gasteiger partial charge in [-0.15, -0.1) is 0 Å². The van der Waals surface area contributed by atoms with Crippen LogP contribution in [0.3, 0.4) is 0 Å². The molecule has 0 aromatic heterocycles. The van der Waals surface area contributed by atoms with Crippen LogP contribution in [0.25, 0.3) is 0 Å². The number of aromatic hydroxyl groups is 2. The lowest BCUT2D eigenvalue weighted by atomic mass is 10.0. The number of unbranched alkanes of at least 4 members (excludes halogenated alkanes) is 2. The fraction of sp³-hybridized carbons (Fsp3) is 0.455. The van der Waals surface area contributed by atoms with Crippen molar-refractivity contribution in [3.05, 3.63) is 53.1 Å². The maximum atomic E-state index is 9.69. The van der Waals surface area contributed by atoms with Crippen molar-refractivity contribution in [1.82, 2.24) is 0 Å². The molecule has 3 nitrogen and oxygen atoms in total. The average Bonchev–Trinajstić information content (AvgIpc) is 2.63. The first-order chi connectivity index (χ1) is 12.0. The van der Waals surface area contributed by atoms with Crippen molar-refractivity contribution < 1.29 is 14.9 Å². The number of aryl methyl sites for hydroxylation is 3. The molecule has 138 valence electrons. The second-order valence-electron chi connectivity index (χ2n) is 6.26. The van der Waals surface area contributed by atoms with Crippen molar-refractivity contribution in [3.63, 3.8) is 0 Å².